The third kappa shape index (κ3) is 2.92. The van der Waals surface area contributed by atoms with Gasteiger partial charge in [0.15, 0.2) is 5.78 Å². The Kier molecular flexibility index (Phi) is 3.91. The zero-order valence-electron chi connectivity index (χ0n) is 10.4. The highest BCUT2D eigenvalue weighted by Gasteiger charge is 2.22. The Morgan fingerprint density at radius 3 is 3.12 bits per heavy atom. The monoisotopic (exact) mass is 237 g/mol. The molecule has 1 aromatic rings. The van der Waals surface area contributed by atoms with E-state index < -0.39 is 0 Å². The number of nitrogens with one attached hydrogen (secondary N) is 1. The lowest BCUT2D eigenvalue weighted by Gasteiger charge is -2.22. The highest BCUT2D eigenvalue weighted by molar-refractivity contribution is 5.85. The van der Waals surface area contributed by atoms with E-state index in [2.05, 4.69) is 17.3 Å². The van der Waals surface area contributed by atoms with Crippen LogP contribution >= 0.6 is 0 Å². The summed E-state index contributed by atoms with van der Waals surface area (Å²) in [5.74, 6) is 0.128. The summed E-state index contributed by atoms with van der Waals surface area (Å²) < 4.78 is 7.23. The zero-order valence-corrected chi connectivity index (χ0v) is 10.4. The molecule has 0 aliphatic carbocycles. The summed E-state index contributed by atoms with van der Waals surface area (Å²) in [5.41, 5.74) is 1.99. The Balaban J connectivity index is 1.99. The number of hydrogen-bond acceptors (Lipinski definition) is 4. The molecule has 5 nitrogen and oxygen atoms in total. The van der Waals surface area contributed by atoms with E-state index in [9.17, 15) is 4.79 Å². The average Bonchev–Trinajstić information content (AvgIpc) is 2.71. The third-order valence-corrected chi connectivity index (χ3v) is 3.03. The molecule has 1 N–H and O–H groups in total. The molecule has 0 radical (unpaired) electrons. The molecule has 1 fully saturated rings. The highest BCUT2D eigenvalue weighted by Crippen LogP contribution is 2.08. The summed E-state index contributed by atoms with van der Waals surface area (Å²) in [6.45, 7) is 4.12. The number of morpholine rings is 1. The number of ketones is 1. The third-order valence-electron chi connectivity index (χ3n) is 3.03. The van der Waals surface area contributed by atoms with Gasteiger partial charge in [0, 0.05) is 25.8 Å². The smallest absolute Gasteiger partial charge is 0.168 e. The van der Waals surface area contributed by atoms with Crippen LogP contribution in [0.15, 0.2) is 6.07 Å². The molecule has 0 amide bonds. The van der Waals surface area contributed by atoms with Crippen LogP contribution in [0, 0.1) is 0 Å². The van der Waals surface area contributed by atoms with Crippen molar-refractivity contribution in [2.75, 3.05) is 19.7 Å². The molecule has 94 valence electrons. The van der Waals surface area contributed by atoms with Gasteiger partial charge in [0.1, 0.15) is 6.10 Å². The average molecular weight is 237 g/mol. The van der Waals surface area contributed by atoms with Crippen molar-refractivity contribution >= 4 is 5.78 Å². The highest BCUT2D eigenvalue weighted by atomic mass is 16.5. The van der Waals surface area contributed by atoms with E-state index in [0.717, 1.165) is 24.4 Å². The first kappa shape index (κ1) is 12.3. The number of rotatable bonds is 4. The van der Waals surface area contributed by atoms with Gasteiger partial charge < -0.3 is 10.1 Å². The van der Waals surface area contributed by atoms with E-state index in [-0.39, 0.29) is 11.9 Å². The van der Waals surface area contributed by atoms with Crippen LogP contribution in [-0.4, -0.2) is 41.4 Å². The standard InChI is InChI=1S/C12H19N3O2/c1-3-9-6-10(15(2)14-9)7-11(16)12-8-13-4-5-17-12/h6,12-13H,3-5,7-8H2,1-2H3. The van der Waals surface area contributed by atoms with Crippen LogP contribution in [-0.2, 0) is 29.4 Å². The lowest BCUT2D eigenvalue weighted by atomic mass is 10.1. The molecule has 1 saturated heterocycles. The summed E-state index contributed by atoms with van der Waals surface area (Å²) >= 11 is 0. The van der Waals surface area contributed by atoms with Crippen molar-refractivity contribution in [3.8, 4) is 0 Å². The largest absolute Gasteiger partial charge is 0.368 e. The van der Waals surface area contributed by atoms with Crippen LogP contribution < -0.4 is 5.32 Å². The van der Waals surface area contributed by atoms with Gasteiger partial charge in [-0.05, 0) is 12.5 Å². The minimum absolute atomic E-state index is 0.128. The molecule has 1 aromatic heterocycles. The van der Waals surface area contributed by atoms with Gasteiger partial charge in [0.2, 0.25) is 0 Å². The Bertz CT molecular complexity index is 394. The minimum Gasteiger partial charge on any atom is -0.368 e. The van der Waals surface area contributed by atoms with Crippen molar-refractivity contribution in [1.29, 1.82) is 0 Å². The predicted octanol–water partition coefficient (Wildman–Crippen LogP) is 0.0825. The van der Waals surface area contributed by atoms with Gasteiger partial charge in [0.25, 0.3) is 0 Å². The number of hydrogen-bond donors (Lipinski definition) is 1. The van der Waals surface area contributed by atoms with Crippen molar-refractivity contribution in [3.63, 3.8) is 0 Å². The van der Waals surface area contributed by atoms with Crippen LogP contribution in [0.25, 0.3) is 0 Å². The number of aromatic nitrogens is 2. The number of carbonyl (C=O) groups is 1. The van der Waals surface area contributed by atoms with Gasteiger partial charge in [-0.1, -0.05) is 6.92 Å². The number of ether oxygens (including phenoxy) is 1. The summed E-state index contributed by atoms with van der Waals surface area (Å²) in [4.78, 5) is 12.0. The van der Waals surface area contributed by atoms with Crippen molar-refractivity contribution < 1.29 is 9.53 Å². The second-order valence-corrected chi connectivity index (χ2v) is 4.31. The molecule has 1 unspecified atom stereocenters. The van der Waals surface area contributed by atoms with Crippen LogP contribution in [0.5, 0.6) is 0 Å². The molecule has 2 heterocycles. The molecule has 17 heavy (non-hydrogen) atoms. The molecule has 1 aliphatic heterocycles. The molecule has 0 spiro atoms. The van der Waals surface area contributed by atoms with E-state index in [1.165, 1.54) is 0 Å². The molecular formula is C12H19N3O2. The fraction of sp³-hybridized carbons (Fsp3) is 0.667. The van der Waals surface area contributed by atoms with Crippen molar-refractivity contribution in [2.45, 2.75) is 25.9 Å². The maximum absolute atomic E-state index is 12.0. The molecular weight excluding hydrogens is 218 g/mol. The van der Waals surface area contributed by atoms with Gasteiger partial charge in [-0.15, -0.1) is 0 Å². The number of Topliss-reactive ketones (excluding diaryl/α,β-unsaturated/α-hetero) is 1. The molecule has 1 atom stereocenters. The first-order valence-electron chi connectivity index (χ1n) is 6.07. The number of nitrogens with zero attached hydrogens (tertiary/aromatic N) is 2. The maximum Gasteiger partial charge on any atom is 0.168 e. The molecule has 0 aromatic carbocycles. The lowest BCUT2D eigenvalue weighted by Crippen LogP contribution is -2.43. The summed E-state index contributed by atoms with van der Waals surface area (Å²) in [5, 5.41) is 7.50. The topological polar surface area (TPSA) is 56.1 Å². The maximum atomic E-state index is 12.0. The molecule has 5 heteroatoms. The summed E-state index contributed by atoms with van der Waals surface area (Å²) in [6.07, 6.45) is 0.989. The normalized spacial score (nSPS) is 20.5. The minimum atomic E-state index is -0.302. The molecule has 0 bridgehead atoms. The molecule has 1 aliphatic rings. The van der Waals surface area contributed by atoms with Gasteiger partial charge in [-0.3, -0.25) is 9.48 Å². The van der Waals surface area contributed by atoms with Crippen LogP contribution in [0.1, 0.15) is 18.3 Å². The zero-order chi connectivity index (χ0) is 12.3. The SMILES string of the molecule is CCc1cc(CC(=O)C2CNCCO2)n(C)n1. The van der Waals surface area contributed by atoms with Crippen LogP contribution in [0.3, 0.4) is 0 Å². The van der Waals surface area contributed by atoms with E-state index in [1.807, 2.05) is 13.1 Å². The van der Waals surface area contributed by atoms with Gasteiger partial charge in [0.05, 0.1) is 18.7 Å². The van der Waals surface area contributed by atoms with Crippen molar-refractivity contribution in [3.05, 3.63) is 17.5 Å². The Morgan fingerprint density at radius 2 is 2.53 bits per heavy atom. The molecule has 0 saturated carbocycles. The number of carbonyl (C=O) groups excluding carboxylic acids is 1. The summed E-state index contributed by atoms with van der Waals surface area (Å²) in [6, 6.07) is 1.99. The second kappa shape index (κ2) is 5.42. The van der Waals surface area contributed by atoms with Crippen molar-refractivity contribution in [1.82, 2.24) is 15.1 Å². The van der Waals surface area contributed by atoms with Crippen LogP contribution in [0.2, 0.25) is 0 Å². The van der Waals surface area contributed by atoms with E-state index in [0.29, 0.717) is 19.6 Å². The first-order chi connectivity index (χ1) is 8.20. The van der Waals surface area contributed by atoms with Gasteiger partial charge >= 0.3 is 0 Å². The molecule has 2 rings (SSSR count). The van der Waals surface area contributed by atoms with E-state index >= 15 is 0 Å². The number of aryl methyl sites for hydroxylation is 2. The van der Waals surface area contributed by atoms with Crippen LogP contribution in [0.4, 0.5) is 0 Å². The van der Waals surface area contributed by atoms with Gasteiger partial charge in [-0.2, -0.15) is 5.10 Å². The fourth-order valence-electron chi connectivity index (χ4n) is 1.97. The lowest BCUT2D eigenvalue weighted by molar-refractivity contribution is -0.131. The quantitative estimate of drug-likeness (QED) is 0.806. The van der Waals surface area contributed by atoms with Gasteiger partial charge in [-0.25, -0.2) is 0 Å². The first-order valence-corrected chi connectivity index (χ1v) is 6.07. The summed E-state index contributed by atoms with van der Waals surface area (Å²) in [7, 11) is 1.88. The fourth-order valence-corrected chi connectivity index (χ4v) is 1.97. The van der Waals surface area contributed by atoms with E-state index in [1.54, 1.807) is 4.68 Å². The van der Waals surface area contributed by atoms with Crippen molar-refractivity contribution in [2.24, 2.45) is 7.05 Å². The van der Waals surface area contributed by atoms with E-state index in [4.69, 9.17) is 4.74 Å². The Morgan fingerprint density at radius 1 is 1.71 bits per heavy atom. The second-order valence-electron chi connectivity index (χ2n) is 4.31. The Labute approximate surface area is 101 Å². The Hall–Kier alpha value is -1.20. The predicted molar refractivity (Wildman–Crippen MR) is 63.9 cm³/mol.